The number of hydrogen-bond donors (Lipinski definition) is 2. The highest BCUT2D eigenvalue weighted by molar-refractivity contribution is 5.95. The molecule has 30 heavy (non-hydrogen) atoms. The number of rotatable bonds is 6. The van der Waals surface area contributed by atoms with Crippen molar-refractivity contribution in [1.82, 2.24) is 15.2 Å². The second kappa shape index (κ2) is 9.83. The lowest BCUT2D eigenvalue weighted by Crippen LogP contribution is -2.42. The summed E-state index contributed by atoms with van der Waals surface area (Å²) in [4.78, 5) is 29.9. The van der Waals surface area contributed by atoms with Gasteiger partial charge in [0.2, 0.25) is 0 Å². The Morgan fingerprint density at radius 3 is 2.53 bits per heavy atom. The minimum Gasteiger partial charge on any atom is -0.444 e. The van der Waals surface area contributed by atoms with Crippen molar-refractivity contribution in [3.05, 3.63) is 59.4 Å². The molecule has 1 saturated heterocycles. The van der Waals surface area contributed by atoms with E-state index >= 15 is 0 Å². The van der Waals surface area contributed by atoms with E-state index in [0.29, 0.717) is 25.6 Å². The summed E-state index contributed by atoms with van der Waals surface area (Å²) in [5.74, 6) is 0.430. The van der Waals surface area contributed by atoms with Gasteiger partial charge in [0, 0.05) is 43.5 Å². The zero-order valence-corrected chi connectivity index (χ0v) is 18.2. The average molecular weight is 412 g/mol. The Labute approximate surface area is 179 Å². The number of likely N-dealkylation sites (tertiary alicyclic amines) is 1. The van der Waals surface area contributed by atoms with Crippen molar-refractivity contribution in [1.29, 1.82) is 0 Å². The van der Waals surface area contributed by atoms with Crippen LogP contribution >= 0.6 is 0 Å². The summed E-state index contributed by atoms with van der Waals surface area (Å²) in [6, 6.07) is 11.8. The SMILES string of the molecule is CC(C)(C)OC(=O)N1CCC(Cc2ccccc2C(=O)NCCc2ccc[nH]2)CC1. The number of nitrogens with zero attached hydrogens (tertiary/aromatic N) is 1. The van der Waals surface area contributed by atoms with Gasteiger partial charge in [0.15, 0.2) is 0 Å². The van der Waals surface area contributed by atoms with Gasteiger partial charge in [0.05, 0.1) is 0 Å². The fourth-order valence-electron chi connectivity index (χ4n) is 3.81. The fourth-order valence-corrected chi connectivity index (χ4v) is 3.81. The number of benzene rings is 1. The Morgan fingerprint density at radius 1 is 1.13 bits per heavy atom. The molecule has 2 N–H and O–H groups in total. The zero-order valence-electron chi connectivity index (χ0n) is 18.2. The highest BCUT2D eigenvalue weighted by atomic mass is 16.6. The Bertz CT molecular complexity index is 832. The van der Waals surface area contributed by atoms with E-state index < -0.39 is 5.60 Å². The topological polar surface area (TPSA) is 74.4 Å². The molecule has 1 aromatic heterocycles. The van der Waals surface area contributed by atoms with Crippen molar-refractivity contribution in [3.63, 3.8) is 0 Å². The first-order valence-corrected chi connectivity index (χ1v) is 10.8. The molecule has 2 heterocycles. The molecule has 3 rings (SSSR count). The fraction of sp³-hybridized carbons (Fsp3) is 0.500. The van der Waals surface area contributed by atoms with Gasteiger partial charge < -0.3 is 19.9 Å². The van der Waals surface area contributed by atoms with Crippen LogP contribution in [0.1, 0.15) is 55.2 Å². The summed E-state index contributed by atoms with van der Waals surface area (Å²) < 4.78 is 5.48. The molecular weight excluding hydrogens is 378 g/mol. The predicted molar refractivity (Wildman–Crippen MR) is 118 cm³/mol. The van der Waals surface area contributed by atoms with Gasteiger partial charge in [-0.05, 0) is 69.7 Å². The lowest BCUT2D eigenvalue weighted by Gasteiger charge is -2.33. The molecule has 0 aliphatic carbocycles. The number of aromatic nitrogens is 1. The lowest BCUT2D eigenvalue weighted by atomic mass is 9.88. The third kappa shape index (κ3) is 6.37. The smallest absolute Gasteiger partial charge is 0.410 e. The molecule has 0 atom stereocenters. The van der Waals surface area contributed by atoms with E-state index in [9.17, 15) is 9.59 Å². The molecule has 162 valence electrons. The van der Waals surface area contributed by atoms with Gasteiger partial charge in [-0.2, -0.15) is 0 Å². The van der Waals surface area contributed by atoms with Crippen LogP contribution in [0.4, 0.5) is 4.79 Å². The molecule has 1 fully saturated rings. The molecular formula is C24H33N3O3. The molecule has 0 spiro atoms. The number of aromatic amines is 1. The van der Waals surface area contributed by atoms with Crippen molar-refractivity contribution >= 4 is 12.0 Å². The van der Waals surface area contributed by atoms with Crippen molar-refractivity contribution in [2.75, 3.05) is 19.6 Å². The van der Waals surface area contributed by atoms with Crippen molar-refractivity contribution in [2.45, 2.75) is 52.1 Å². The van der Waals surface area contributed by atoms with Crippen molar-refractivity contribution < 1.29 is 14.3 Å². The average Bonchev–Trinajstić information content (AvgIpc) is 3.21. The number of H-pyrrole nitrogens is 1. The molecule has 1 aliphatic heterocycles. The number of carbonyl (C=O) groups excluding carboxylic acids is 2. The highest BCUT2D eigenvalue weighted by Crippen LogP contribution is 2.24. The zero-order chi connectivity index (χ0) is 21.6. The first-order chi connectivity index (χ1) is 14.3. The van der Waals surface area contributed by atoms with E-state index in [0.717, 1.165) is 42.5 Å². The first kappa shape index (κ1) is 21.9. The van der Waals surface area contributed by atoms with Gasteiger partial charge in [0.25, 0.3) is 5.91 Å². The number of ether oxygens (including phenoxy) is 1. The van der Waals surface area contributed by atoms with Crippen LogP contribution in [0.2, 0.25) is 0 Å². The van der Waals surface area contributed by atoms with Crippen LogP contribution in [0.25, 0.3) is 0 Å². The number of hydrogen-bond acceptors (Lipinski definition) is 3. The van der Waals surface area contributed by atoms with Gasteiger partial charge in [0.1, 0.15) is 5.60 Å². The highest BCUT2D eigenvalue weighted by Gasteiger charge is 2.27. The second-order valence-corrected chi connectivity index (χ2v) is 8.97. The summed E-state index contributed by atoms with van der Waals surface area (Å²) in [7, 11) is 0. The van der Waals surface area contributed by atoms with Crippen LogP contribution in [0, 0.1) is 5.92 Å². The van der Waals surface area contributed by atoms with Gasteiger partial charge in [-0.25, -0.2) is 4.79 Å². The Kier molecular flexibility index (Phi) is 7.19. The predicted octanol–water partition coefficient (Wildman–Crippen LogP) is 4.18. The van der Waals surface area contributed by atoms with E-state index in [1.807, 2.05) is 63.4 Å². The van der Waals surface area contributed by atoms with E-state index in [2.05, 4.69) is 10.3 Å². The largest absolute Gasteiger partial charge is 0.444 e. The summed E-state index contributed by atoms with van der Waals surface area (Å²) in [5.41, 5.74) is 2.46. The molecule has 2 amide bonds. The second-order valence-electron chi connectivity index (χ2n) is 8.97. The Balaban J connectivity index is 1.51. The maximum absolute atomic E-state index is 12.7. The quantitative estimate of drug-likeness (QED) is 0.749. The third-order valence-corrected chi connectivity index (χ3v) is 5.38. The summed E-state index contributed by atoms with van der Waals surface area (Å²) in [5, 5.41) is 3.03. The van der Waals surface area contributed by atoms with E-state index in [4.69, 9.17) is 4.74 Å². The summed E-state index contributed by atoms with van der Waals surface area (Å²) in [6.07, 6.45) is 5.12. The van der Waals surface area contributed by atoms with Crippen LogP contribution in [0.3, 0.4) is 0 Å². The van der Waals surface area contributed by atoms with Gasteiger partial charge in [-0.1, -0.05) is 18.2 Å². The van der Waals surface area contributed by atoms with Gasteiger partial charge in [-0.3, -0.25) is 4.79 Å². The standard InChI is InChI=1S/C24H33N3O3/c1-24(2,3)30-23(29)27-15-11-18(12-16-27)17-19-7-4-5-9-21(19)22(28)26-14-10-20-8-6-13-25-20/h4-9,13,18,25H,10-12,14-17H2,1-3H3,(H,26,28). The van der Waals surface area contributed by atoms with E-state index in [-0.39, 0.29) is 12.0 Å². The van der Waals surface area contributed by atoms with Crippen LogP contribution in [0.5, 0.6) is 0 Å². The molecule has 1 aliphatic rings. The molecule has 6 heteroatoms. The molecule has 0 bridgehead atoms. The molecule has 6 nitrogen and oxygen atoms in total. The van der Waals surface area contributed by atoms with Crippen LogP contribution in [0.15, 0.2) is 42.6 Å². The molecule has 0 unspecified atom stereocenters. The summed E-state index contributed by atoms with van der Waals surface area (Å²) >= 11 is 0. The summed E-state index contributed by atoms with van der Waals surface area (Å²) in [6.45, 7) is 7.66. The number of nitrogens with one attached hydrogen (secondary N) is 2. The van der Waals surface area contributed by atoms with Gasteiger partial charge in [-0.15, -0.1) is 0 Å². The van der Waals surface area contributed by atoms with E-state index in [1.54, 1.807) is 4.90 Å². The number of piperidine rings is 1. The van der Waals surface area contributed by atoms with Crippen molar-refractivity contribution in [2.24, 2.45) is 5.92 Å². The normalized spacial score (nSPS) is 15.1. The Morgan fingerprint density at radius 2 is 1.87 bits per heavy atom. The lowest BCUT2D eigenvalue weighted by molar-refractivity contribution is 0.0184. The maximum atomic E-state index is 12.7. The first-order valence-electron chi connectivity index (χ1n) is 10.8. The molecule has 2 aromatic rings. The monoisotopic (exact) mass is 411 g/mol. The van der Waals surface area contributed by atoms with Crippen molar-refractivity contribution in [3.8, 4) is 0 Å². The third-order valence-electron chi connectivity index (χ3n) is 5.38. The minimum absolute atomic E-state index is 0.0247. The number of carbonyl (C=O) groups is 2. The Hall–Kier alpha value is -2.76. The molecule has 0 radical (unpaired) electrons. The number of amides is 2. The van der Waals surface area contributed by atoms with Crippen LogP contribution in [-0.2, 0) is 17.6 Å². The minimum atomic E-state index is -0.471. The molecule has 0 saturated carbocycles. The van der Waals surface area contributed by atoms with Crippen LogP contribution in [-0.4, -0.2) is 47.1 Å². The maximum Gasteiger partial charge on any atom is 0.410 e. The van der Waals surface area contributed by atoms with Gasteiger partial charge >= 0.3 is 6.09 Å². The van der Waals surface area contributed by atoms with Crippen LogP contribution < -0.4 is 5.32 Å². The van der Waals surface area contributed by atoms with E-state index in [1.165, 1.54) is 0 Å². The molecule has 1 aromatic carbocycles.